The Morgan fingerprint density at radius 3 is 2.41 bits per heavy atom. The van der Waals surface area contributed by atoms with Crippen LogP contribution >= 0.6 is 0 Å². The summed E-state index contributed by atoms with van der Waals surface area (Å²) in [6, 6.07) is 7.00. The molecule has 174 valence electrons. The van der Waals surface area contributed by atoms with Crippen LogP contribution in [0.3, 0.4) is 0 Å². The van der Waals surface area contributed by atoms with Crippen molar-refractivity contribution in [2.75, 3.05) is 13.2 Å². The van der Waals surface area contributed by atoms with Crippen LogP contribution in [0.15, 0.2) is 24.3 Å². The van der Waals surface area contributed by atoms with Crippen LogP contribution in [0.1, 0.15) is 23.8 Å². The van der Waals surface area contributed by atoms with E-state index >= 15 is 0 Å². The van der Waals surface area contributed by atoms with Gasteiger partial charge in [0.1, 0.15) is 42.7 Å². The highest BCUT2D eigenvalue weighted by molar-refractivity contribution is 5.82. The summed E-state index contributed by atoms with van der Waals surface area (Å²) in [5.41, 5.74) is 1.72. The average Bonchev–Trinajstić information content (AvgIpc) is 3.21. The van der Waals surface area contributed by atoms with Crippen molar-refractivity contribution in [2.45, 2.75) is 61.4 Å². The van der Waals surface area contributed by atoms with E-state index in [0.29, 0.717) is 16.8 Å². The maximum Gasteiger partial charge on any atom is 0.147 e. The summed E-state index contributed by atoms with van der Waals surface area (Å²) in [6.45, 7) is -0.792. The third kappa shape index (κ3) is 4.40. The second kappa shape index (κ2) is 9.44. The fourth-order valence-electron chi connectivity index (χ4n) is 4.08. The Kier molecular flexibility index (Phi) is 6.83. The molecule has 0 amide bonds. The first-order valence-electron chi connectivity index (χ1n) is 10.4. The molecule has 0 spiro atoms. The van der Waals surface area contributed by atoms with Crippen LogP contribution in [0.2, 0.25) is 0 Å². The molecule has 0 unspecified atom stereocenters. The zero-order valence-electron chi connectivity index (χ0n) is 17.1. The van der Waals surface area contributed by atoms with E-state index in [-0.39, 0.29) is 13.0 Å². The molecule has 2 fully saturated rings. The largest absolute Gasteiger partial charge is 0.394 e. The molecule has 0 saturated carbocycles. The van der Waals surface area contributed by atoms with Gasteiger partial charge in [-0.1, -0.05) is 17.9 Å². The summed E-state index contributed by atoms with van der Waals surface area (Å²) in [5.74, 6) is 5.68. The molecular formula is C22H27NO9. The number of aromatic amines is 1. The van der Waals surface area contributed by atoms with E-state index in [1.807, 2.05) is 0 Å². The summed E-state index contributed by atoms with van der Waals surface area (Å²) >= 11 is 0. The second-order valence-electron chi connectivity index (χ2n) is 8.20. The Hall–Kier alpha value is -2.04. The van der Waals surface area contributed by atoms with E-state index in [1.54, 1.807) is 24.3 Å². The number of aliphatic hydroxyl groups excluding tert-OH is 7. The Morgan fingerprint density at radius 2 is 1.69 bits per heavy atom. The molecule has 1 aromatic heterocycles. The van der Waals surface area contributed by atoms with Crippen molar-refractivity contribution < 1.29 is 45.2 Å². The van der Waals surface area contributed by atoms with Crippen molar-refractivity contribution in [3.63, 3.8) is 0 Å². The van der Waals surface area contributed by atoms with Crippen molar-refractivity contribution in [1.29, 1.82) is 0 Å². The fraction of sp³-hybridized carbons (Fsp3) is 0.545. The molecule has 2 aliphatic rings. The quantitative estimate of drug-likeness (QED) is 0.244. The minimum absolute atomic E-state index is 0.130. The standard InChI is InChI=1S/C22H27NO9/c24-8-12-7-15(26)18(27)16(31-12)4-2-10-1-3-11-6-14(23-13(11)5-10)22-21(30)20(29)19(28)17(9-25)32-22/h1,3,5-6,12,15-30H,7-9H2/t12-,15-,16+,17+,18-,19+,20-,21-,22+/m0/s1. The predicted octanol–water partition coefficient (Wildman–Crippen LogP) is -2.09. The number of fused-ring (bicyclic) bond motifs is 1. The molecule has 10 heteroatoms. The van der Waals surface area contributed by atoms with Gasteiger partial charge in [0.2, 0.25) is 0 Å². The highest BCUT2D eigenvalue weighted by atomic mass is 16.5. The van der Waals surface area contributed by atoms with Crippen LogP contribution in [-0.2, 0) is 9.47 Å². The van der Waals surface area contributed by atoms with E-state index < -0.39 is 61.5 Å². The van der Waals surface area contributed by atoms with Crippen LogP contribution in [0.25, 0.3) is 10.9 Å². The molecule has 1 aromatic carbocycles. The minimum atomic E-state index is -1.47. The Labute approximate surface area is 183 Å². The zero-order valence-corrected chi connectivity index (χ0v) is 17.1. The first-order chi connectivity index (χ1) is 15.3. The molecule has 2 aromatic rings. The van der Waals surface area contributed by atoms with Crippen molar-refractivity contribution in [1.82, 2.24) is 4.98 Å². The van der Waals surface area contributed by atoms with Crippen LogP contribution in [0, 0.1) is 11.8 Å². The third-order valence-corrected chi connectivity index (χ3v) is 5.95. The van der Waals surface area contributed by atoms with Gasteiger partial charge in [0.05, 0.1) is 25.4 Å². The lowest BCUT2D eigenvalue weighted by atomic mass is 9.93. The molecule has 0 bridgehead atoms. The van der Waals surface area contributed by atoms with E-state index in [2.05, 4.69) is 16.8 Å². The van der Waals surface area contributed by atoms with Crippen molar-refractivity contribution in [3.8, 4) is 11.8 Å². The number of benzene rings is 1. The Balaban J connectivity index is 1.56. The number of hydrogen-bond donors (Lipinski definition) is 8. The smallest absolute Gasteiger partial charge is 0.147 e. The summed E-state index contributed by atoms with van der Waals surface area (Å²) in [6.07, 6.45) is -9.91. The second-order valence-corrected chi connectivity index (χ2v) is 8.20. The number of hydrogen-bond acceptors (Lipinski definition) is 9. The van der Waals surface area contributed by atoms with E-state index in [1.165, 1.54) is 0 Å². The predicted molar refractivity (Wildman–Crippen MR) is 110 cm³/mol. The van der Waals surface area contributed by atoms with Gasteiger partial charge in [-0.25, -0.2) is 0 Å². The van der Waals surface area contributed by atoms with E-state index in [9.17, 15) is 35.7 Å². The molecule has 2 aliphatic heterocycles. The third-order valence-electron chi connectivity index (χ3n) is 5.95. The van der Waals surface area contributed by atoms with Crippen molar-refractivity contribution >= 4 is 10.9 Å². The van der Waals surface area contributed by atoms with Crippen LogP contribution in [0.4, 0.5) is 0 Å². The van der Waals surface area contributed by atoms with E-state index in [0.717, 1.165) is 5.39 Å². The number of rotatable bonds is 3. The SMILES string of the molecule is OC[C@@H]1C[C@H](O)[C@H](O)[C@@H](C#Cc2ccc3cc([C@H]4O[C@H](CO)[C@@H](O)[C@H](O)[C@@H]4O)[nH]c3c2)O1. The summed E-state index contributed by atoms with van der Waals surface area (Å²) < 4.78 is 11.1. The van der Waals surface area contributed by atoms with Gasteiger partial charge < -0.3 is 50.2 Å². The van der Waals surface area contributed by atoms with Gasteiger partial charge in [0.15, 0.2) is 0 Å². The number of aliphatic hydroxyl groups is 7. The highest BCUT2D eigenvalue weighted by Gasteiger charge is 2.44. The van der Waals surface area contributed by atoms with Gasteiger partial charge in [0.25, 0.3) is 0 Å². The molecule has 32 heavy (non-hydrogen) atoms. The van der Waals surface area contributed by atoms with Crippen molar-refractivity contribution in [3.05, 3.63) is 35.5 Å². The minimum Gasteiger partial charge on any atom is -0.394 e. The van der Waals surface area contributed by atoms with Gasteiger partial charge in [-0.15, -0.1) is 0 Å². The molecule has 3 heterocycles. The lowest BCUT2D eigenvalue weighted by Gasteiger charge is -2.39. The zero-order chi connectivity index (χ0) is 23.0. The normalized spacial score (nSPS) is 37.8. The Morgan fingerprint density at radius 1 is 0.906 bits per heavy atom. The lowest BCUT2D eigenvalue weighted by molar-refractivity contribution is -0.232. The first kappa shape index (κ1) is 23.1. The molecule has 10 nitrogen and oxygen atoms in total. The highest BCUT2D eigenvalue weighted by Crippen LogP contribution is 2.33. The monoisotopic (exact) mass is 449 g/mol. The molecular weight excluding hydrogens is 422 g/mol. The van der Waals surface area contributed by atoms with Crippen LogP contribution in [0.5, 0.6) is 0 Å². The maximum atomic E-state index is 10.3. The summed E-state index contributed by atoms with van der Waals surface area (Å²) in [5, 5.41) is 69.8. The van der Waals surface area contributed by atoms with Gasteiger partial charge in [0, 0.05) is 23.2 Å². The van der Waals surface area contributed by atoms with E-state index in [4.69, 9.17) is 9.47 Å². The molecule has 2 saturated heterocycles. The van der Waals surface area contributed by atoms with Crippen molar-refractivity contribution in [2.24, 2.45) is 0 Å². The average molecular weight is 449 g/mol. The summed E-state index contributed by atoms with van der Waals surface area (Å²) in [4.78, 5) is 3.11. The molecule has 0 aliphatic carbocycles. The molecule has 4 rings (SSSR count). The Bertz CT molecular complexity index is 996. The first-order valence-corrected chi connectivity index (χ1v) is 10.4. The van der Waals surface area contributed by atoms with Gasteiger partial charge >= 0.3 is 0 Å². The molecule has 0 radical (unpaired) electrons. The number of aromatic nitrogens is 1. The van der Waals surface area contributed by atoms with Crippen LogP contribution in [-0.4, -0.2) is 103 Å². The maximum absolute atomic E-state index is 10.3. The topological polar surface area (TPSA) is 176 Å². The van der Waals surface area contributed by atoms with Gasteiger partial charge in [-0.3, -0.25) is 0 Å². The molecule has 9 atom stereocenters. The van der Waals surface area contributed by atoms with Gasteiger partial charge in [-0.2, -0.15) is 0 Å². The summed E-state index contributed by atoms with van der Waals surface area (Å²) in [7, 11) is 0. The fourth-order valence-corrected chi connectivity index (χ4v) is 4.08. The number of nitrogens with one attached hydrogen (secondary N) is 1. The number of H-pyrrole nitrogens is 1. The van der Waals surface area contributed by atoms with Crippen LogP contribution < -0.4 is 0 Å². The molecule has 8 N–H and O–H groups in total. The number of ether oxygens (including phenoxy) is 2. The lowest BCUT2D eigenvalue weighted by Crippen LogP contribution is -2.55. The van der Waals surface area contributed by atoms with Gasteiger partial charge in [-0.05, 0) is 23.6 Å².